The minimum absolute atomic E-state index is 0. The first kappa shape index (κ1) is 47.4. The fourth-order valence-electron chi connectivity index (χ4n) is 5.85. The molecule has 0 spiro atoms. The molecule has 3 heteroatoms. The van der Waals surface area contributed by atoms with Gasteiger partial charge in [-0.1, -0.05) is 206 Å². The molecule has 0 bridgehead atoms. The largest absolute Gasteiger partial charge is 0.677 e. The molecule has 1 N–H and O–H groups in total. The second-order valence-corrected chi connectivity index (χ2v) is 13.8. The maximum absolute atomic E-state index is 12.3. The predicted molar refractivity (Wildman–Crippen MR) is 188 cm³/mol. The van der Waals surface area contributed by atoms with Gasteiger partial charge in [-0.2, -0.15) is 6.42 Å². The van der Waals surface area contributed by atoms with Crippen molar-refractivity contribution in [1.82, 2.24) is 0 Å². The van der Waals surface area contributed by atoms with Gasteiger partial charge in [-0.05, 0) is 20.3 Å². The van der Waals surface area contributed by atoms with Gasteiger partial charge in [0.25, 0.3) is 0 Å². The van der Waals surface area contributed by atoms with Crippen molar-refractivity contribution in [3.8, 4) is 0 Å². The minimum atomic E-state index is -1.01. The van der Waals surface area contributed by atoms with E-state index in [0.29, 0.717) is 25.3 Å². The van der Waals surface area contributed by atoms with Crippen molar-refractivity contribution in [2.45, 2.75) is 232 Å². The molecule has 1 unspecified atom stereocenters. The van der Waals surface area contributed by atoms with Gasteiger partial charge < -0.3 is 12.7 Å². The van der Waals surface area contributed by atoms with Crippen molar-refractivity contribution in [2.75, 3.05) is 6.54 Å². The van der Waals surface area contributed by atoms with Crippen LogP contribution in [0.1, 0.15) is 227 Å². The zero-order valence-corrected chi connectivity index (χ0v) is 32.7. The van der Waals surface area contributed by atoms with Crippen LogP contribution in [0.3, 0.4) is 0 Å². The van der Waals surface area contributed by atoms with Crippen LogP contribution in [0.4, 0.5) is 4.39 Å². The molecule has 0 fully saturated rings. The molecule has 42 heavy (non-hydrogen) atoms. The van der Waals surface area contributed by atoms with Crippen molar-refractivity contribution in [2.24, 2.45) is 5.92 Å². The zero-order valence-electron chi connectivity index (χ0n) is 29.9. The van der Waals surface area contributed by atoms with Gasteiger partial charge in [0.1, 0.15) is 5.67 Å². The molecule has 1 atom stereocenters. The molecule has 253 valence electrons. The first-order valence-electron chi connectivity index (χ1n) is 19.0. The number of unbranched alkanes of at least 4 members (excludes halogenated alkanes) is 25. The Bertz CT molecular complexity index is 450. The quantitative estimate of drug-likeness (QED) is 0.0502. The Labute approximate surface area is 293 Å². The Kier molecular flexibility index (Phi) is 45.2. The van der Waals surface area contributed by atoms with E-state index >= 15 is 0 Å². The molecule has 0 aromatic carbocycles. The van der Waals surface area contributed by atoms with Crippen molar-refractivity contribution in [1.29, 1.82) is 0 Å². The van der Waals surface area contributed by atoms with E-state index in [-0.39, 0.29) is 32.7 Å². The van der Waals surface area contributed by atoms with Gasteiger partial charge in [0.05, 0.1) is 0 Å². The van der Waals surface area contributed by atoms with Crippen LogP contribution in [-0.2, 0) is 32.7 Å². The van der Waals surface area contributed by atoms with E-state index in [1.165, 1.54) is 186 Å². The first-order valence-corrected chi connectivity index (χ1v) is 19.0. The summed E-state index contributed by atoms with van der Waals surface area (Å²) in [4.78, 5) is 0. The summed E-state index contributed by atoms with van der Waals surface area (Å²) in [5.74, 6) is 0.685. The van der Waals surface area contributed by atoms with Crippen LogP contribution < -0.4 is 0 Å². The Morgan fingerprint density at radius 2 is 0.738 bits per heavy atom. The fourth-order valence-corrected chi connectivity index (χ4v) is 5.85. The van der Waals surface area contributed by atoms with Crippen LogP contribution in [0.15, 0.2) is 0 Å². The second-order valence-electron chi connectivity index (χ2n) is 13.8. The Morgan fingerprint density at radius 3 is 0.905 bits per heavy atom. The smallest absolute Gasteiger partial charge is 0.103 e. The average Bonchev–Trinajstić information content (AvgIpc) is 2.94. The molecule has 0 amide bonds. The Balaban J connectivity index is -0.00000168. The van der Waals surface area contributed by atoms with E-state index in [0.717, 1.165) is 0 Å². The number of halogens is 1. The number of rotatable bonds is 32. The molecular formula is C39H80FNY-2. The Hall–Kier alpha value is 0.994. The van der Waals surface area contributed by atoms with Crippen molar-refractivity contribution < 1.29 is 37.1 Å². The van der Waals surface area contributed by atoms with Gasteiger partial charge in [0, 0.05) is 32.7 Å². The van der Waals surface area contributed by atoms with Gasteiger partial charge in [0.2, 0.25) is 0 Å². The van der Waals surface area contributed by atoms with Crippen molar-refractivity contribution >= 4 is 0 Å². The van der Waals surface area contributed by atoms with E-state index in [1.54, 1.807) is 13.8 Å². The summed E-state index contributed by atoms with van der Waals surface area (Å²) >= 11 is 0. The zero-order chi connectivity index (χ0) is 30.7. The maximum atomic E-state index is 12.3. The predicted octanol–water partition coefficient (Wildman–Crippen LogP) is 15.4. The summed E-state index contributed by atoms with van der Waals surface area (Å²) < 4.78 is 12.3. The van der Waals surface area contributed by atoms with Crippen LogP contribution >= 0.6 is 0 Å². The topological polar surface area (TPSA) is 23.8 Å². The van der Waals surface area contributed by atoms with E-state index in [1.807, 2.05) is 0 Å². The maximum Gasteiger partial charge on any atom is 0.103 e. The van der Waals surface area contributed by atoms with Gasteiger partial charge in [-0.25, -0.2) is 4.39 Å². The molecule has 0 aliphatic rings. The summed E-state index contributed by atoms with van der Waals surface area (Å²) in [5, 5.41) is 0. The van der Waals surface area contributed by atoms with Crippen LogP contribution in [0.2, 0.25) is 0 Å². The normalized spacial score (nSPS) is 12.1. The van der Waals surface area contributed by atoms with E-state index in [4.69, 9.17) is 5.73 Å². The van der Waals surface area contributed by atoms with Gasteiger partial charge in [-0.15, -0.1) is 6.54 Å². The average molecular weight is 671 g/mol. The number of hydrogen-bond donors (Lipinski definition) is 0. The Morgan fingerprint density at radius 1 is 0.500 bits per heavy atom. The second kappa shape index (κ2) is 40.0. The van der Waals surface area contributed by atoms with Crippen LogP contribution in [0.5, 0.6) is 0 Å². The molecular weight excluding hydrogens is 590 g/mol. The summed E-state index contributed by atoms with van der Waals surface area (Å²) in [6.45, 7) is 11.9. The van der Waals surface area contributed by atoms with Crippen LogP contribution in [0, 0.1) is 12.8 Å². The third-order valence-electron chi connectivity index (χ3n) is 8.74. The molecule has 0 aliphatic carbocycles. The summed E-state index contributed by atoms with van der Waals surface area (Å²) in [5.41, 5.74) is 6.89. The molecule has 0 rings (SSSR count). The van der Waals surface area contributed by atoms with Gasteiger partial charge >= 0.3 is 0 Å². The number of nitrogens with one attached hydrogen (secondary N) is 1. The van der Waals surface area contributed by atoms with Gasteiger partial charge in [-0.3, -0.25) is 0 Å². The third-order valence-corrected chi connectivity index (χ3v) is 8.74. The van der Waals surface area contributed by atoms with Gasteiger partial charge in [0.15, 0.2) is 0 Å². The number of hydrogen-bond acceptors (Lipinski definition) is 0. The molecule has 0 aromatic heterocycles. The molecule has 1 nitrogen and oxygen atoms in total. The standard InChI is InChI=1S/C33H68N.C6H12F.Y/c1-3-5-7-9-11-13-15-17-19-21-23-25-27-29-31-33(32-34)30-28-26-24-22-20-18-16-14-12-10-8-6-4-2;1-4-5-6(2,3)7;/h33-34H,3-32H2,1-2H3;1,4-5H2,2-3H3;/q2*-1;. The molecule has 0 heterocycles. The summed E-state index contributed by atoms with van der Waals surface area (Å²) in [6.07, 6.45) is 42.7. The van der Waals surface area contributed by atoms with E-state index in [9.17, 15) is 4.39 Å². The van der Waals surface area contributed by atoms with Crippen LogP contribution in [0.25, 0.3) is 5.73 Å². The molecule has 0 aromatic rings. The number of alkyl halides is 1. The minimum Gasteiger partial charge on any atom is -0.677 e. The SMILES string of the molecule is CCCCCCCCCCCCCCCCC(C[NH-])CCCCCCCCCCCCCCC.[CH2-]CCC(C)(C)F.[Y]. The molecule has 0 aliphatic heterocycles. The van der Waals surface area contributed by atoms with E-state index < -0.39 is 5.67 Å². The van der Waals surface area contributed by atoms with Crippen molar-refractivity contribution in [3.63, 3.8) is 0 Å². The molecule has 0 saturated heterocycles. The monoisotopic (exact) mass is 671 g/mol. The van der Waals surface area contributed by atoms with Crippen LogP contribution in [-0.4, -0.2) is 12.2 Å². The first-order chi connectivity index (χ1) is 19.9. The third kappa shape index (κ3) is 45.4. The van der Waals surface area contributed by atoms with E-state index in [2.05, 4.69) is 20.8 Å². The summed E-state index contributed by atoms with van der Waals surface area (Å²) in [6, 6.07) is 0. The fraction of sp³-hybridized carbons (Fsp3) is 0.974. The summed E-state index contributed by atoms with van der Waals surface area (Å²) in [7, 11) is 0. The van der Waals surface area contributed by atoms with Crippen molar-refractivity contribution in [3.05, 3.63) is 12.7 Å². The molecule has 1 radical (unpaired) electrons. The molecule has 0 saturated carbocycles.